The maximum atomic E-state index is 13.4. The van der Waals surface area contributed by atoms with Crippen LogP contribution in [0.15, 0.2) is 42.5 Å². The van der Waals surface area contributed by atoms with E-state index in [-0.39, 0.29) is 12.5 Å². The van der Waals surface area contributed by atoms with Gasteiger partial charge in [-0.25, -0.2) is 0 Å². The Hall–Kier alpha value is -2.58. The van der Waals surface area contributed by atoms with E-state index in [0.29, 0.717) is 44.0 Å². The average Bonchev–Trinajstić information content (AvgIpc) is 2.78. The van der Waals surface area contributed by atoms with Crippen molar-refractivity contribution in [2.24, 2.45) is 5.92 Å². The maximum absolute atomic E-state index is 13.4. The first-order chi connectivity index (χ1) is 15.3. The van der Waals surface area contributed by atoms with Crippen LogP contribution in [0, 0.1) is 19.8 Å². The summed E-state index contributed by atoms with van der Waals surface area (Å²) in [6.07, 6.45) is 1.31. The zero-order valence-electron chi connectivity index (χ0n) is 19.3. The second-order valence-electron chi connectivity index (χ2n) is 8.03. The van der Waals surface area contributed by atoms with Crippen LogP contribution in [0.3, 0.4) is 0 Å². The molecule has 1 heterocycles. The molecule has 0 unspecified atom stereocenters. The first kappa shape index (κ1) is 24.1. The lowest BCUT2D eigenvalue weighted by molar-refractivity contribution is -0.120. The zero-order valence-corrected chi connectivity index (χ0v) is 20.1. The summed E-state index contributed by atoms with van der Waals surface area (Å²) in [5.74, 6) is 0.172. The van der Waals surface area contributed by atoms with Crippen molar-refractivity contribution in [3.8, 4) is 5.75 Å². The summed E-state index contributed by atoms with van der Waals surface area (Å²) in [6.45, 7) is 9.11. The number of nitrogens with one attached hydrogen (secondary N) is 1. The SMILES string of the molecule is CCOc1ccc(N(CC)S(=O)(=O)N2CCC[C@@H](C(=O)Nc3cccc(C)c3C)C2)cc1. The van der Waals surface area contributed by atoms with E-state index in [1.807, 2.05) is 45.9 Å². The highest BCUT2D eigenvalue weighted by molar-refractivity contribution is 7.90. The first-order valence-electron chi connectivity index (χ1n) is 11.2. The van der Waals surface area contributed by atoms with Gasteiger partial charge in [-0.3, -0.25) is 9.10 Å². The summed E-state index contributed by atoms with van der Waals surface area (Å²) in [5, 5.41) is 3.00. The fourth-order valence-corrected chi connectivity index (χ4v) is 5.70. The van der Waals surface area contributed by atoms with Gasteiger partial charge in [0.15, 0.2) is 0 Å². The lowest BCUT2D eigenvalue weighted by Crippen LogP contribution is -2.50. The Morgan fingerprint density at radius 3 is 2.53 bits per heavy atom. The van der Waals surface area contributed by atoms with E-state index in [1.165, 1.54) is 8.61 Å². The van der Waals surface area contributed by atoms with Crippen LogP contribution in [0.25, 0.3) is 0 Å². The minimum absolute atomic E-state index is 0.136. The molecule has 0 aromatic heterocycles. The summed E-state index contributed by atoms with van der Waals surface area (Å²) in [6, 6.07) is 12.8. The largest absolute Gasteiger partial charge is 0.494 e. The molecule has 1 fully saturated rings. The smallest absolute Gasteiger partial charge is 0.304 e. The highest BCUT2D eigenvalue weighted by atomic mass is 32.2. The van der Waals surface area contributed by atoms with Gasteiger partial charge in [-0.05, 0) is 82.0 Å². The Morgan fingerprint density at radius 2 is 1.88 bits per heavy atom. The second-order valence-corrected chi connectivity index (χ2v) is 9.89. The molecule has 1 aliphatic rings. The Bertz CT molecular complexity index is 1040. The molecule has 1 aliphatic heterocycles. The third kappa shape index (κ3) is 5.24. The van der Waals surface area contributed by atoms with Gasteiger partial charge in [0.2, 0.25) is 5.91 Å². The molecule has 0 bridgehead atoms. The molecular weight excluding hydrogens is 426 g/mol. The lowest BCUT2D eigenvalue weighted by Gasteiger charge is -2.35. The number of carbonyl (C=O) groups excluding carboxylic acids is 1. The van der Waals surface area contributed by atoms with Gasteiger partial charge in [-0.1, -0.05) is 12.1 Å². The van der Waals surface area contributed by atoms with Crippen molar-refractivity contribution in [3.05, 3.63) is 53.6 Å². The fourth-order valence-electron chi connectivity index (χ4n) is 3.98. The van der Waals surface area contributed by atoms with Crippen molar-refractivity contribution in [1.82, 2.24) is 4.31 Å². The number of nitrogens with zero attached hydrogens (tertiary/aromatic N) is 2. The highest BCUT2D eigenvalue weighted by Crippen LogP contribution is 2.28. The molecular formula is C24H33N3O4S. The molecule has 1 amide bonds. The van der Waals surface area contributed by atoms with Gasteiger partial charge in [0, 0.05) is 25.3 Å². The number of rotatable bonds is 8. The highest BCUT2D eigenvalue weighted by Gasteiger charge is 2.35. The van der Waals surface area contributed by atoms with E-state index < -0.39 is 16.1 Å². The van der Waals surface area contributed by atoms with Crippen LogP contribution < -0.4 is 14.4 Å². The number of piperidine rings is 1. The zero-order chi connectivity index (χ0) is 23.3. The van der Waals surface area contributed by atoms with Crippen molar-refractivity contribution in [3.63, 3.8) is 0 Å². The van der Waals surface area contributed by atoms with Crippen molar-refractivity contribution >= 4 is 27.5 Å². The molecule has 1 N–H and O–H groups in total. The average molecular weight is 460 g/mol. The number of anilines is 2. The number of aryl methyl sites for hydroxylation is 1. The molecule has 3 rings (SSSR count). The van der Waals surface area contributed by atoms with Crippen LogP contribution in [-0.2, 0) is 15.0 Å². The van der Waals surface area contributed by atoms with Crippen LogP contribution in [0.1, 0.15) is 37.8 Å². The van der Waals surface area contributed by atoms with E-state index >= 15 is 0 Å². The van der Waals surface area contributed by atoms with Gasteiger partial charge in [0.05, 0.1) is 18.2 Å². The van der Waals surface area contributed by atoms with Crippen LogP contribution in [0.5, 0.6) is 5.75 Å². The van der Waals surface area contributed by atoms with Crippen LogP contribution in [0.2, 0.25) is 0 Å². The second kappa shape index (κ2) is 10.4. The maximum Gasteiger partial charge on any atom is 0.304 e. The van der Waals surface area contributed by atoms with Crippen molar-refractivity contribution in [2.75, 3.05) is 35.9 Å². The number of hydrogen-bond acceptors (Lipinski definition) is 4. The minimum atomic E-state index is -3.76. The topological polar surface area (TPSA) is 79.0 Å². The number of carbonyl (C=O) groups is 1. The molecule has 0 aliphatic carbocycles. The van der Waals surface area contributed by atoms with E-state index in [4.69, 9.17) is 4.74 Å². The number of amides is 1. The van der Waals surface area contributed by atoms with Gasteiger partial charge >= 0.3 is 10.2 Å². The quantitative estimate of drug-likeness (QED) is 0.644. The molecule has 0 radical (unpaired) electrons. The molecule has 2 aromatic carbocycles. The van der Waals surface area contributed by atoms with Crippen LogP contribution in [0.4, 0.5) is 11.4 Å². The van der Waals surface area contributed by atoms with Crippen LogP contribution in [-0.4, -0.2) is 44.9 Å². The van der Waals surface area contributed by atoms with E-state index in [9.17, 15) is 13.2 Å². The molecule has 7 nitrogen and oxygen atoms in total. The fraction of sp³-hybridized carbons (Fsp3) is 0.458. The van der Waals surface area contributed by atoms with E-state index in [1.54, 1.807) is 24.3 Å². The normalized spacial score (nSPS) is 17.1. The van der Waals surface area contributed by atoms with Crippen molar-refractivity contribution in [2.45, 2.75) is 40.5 Å². The van der Waals surface area contributed by atoms with Crippen molar-refractivity contribution < 1.29 is 17.9 Å². The molecule has 174 valence electrons. The molecule has 1 saturated heterocycles. The molecule has 1 atom stereocenters. The van der Waals surface area contributed by atoms with Crippen LogP contribution >= 0.6 is 0 Å². The Morgan fingerprint density at radius 1 is 1.16 bits per heavy atom. The standard InChI is InChI=1S/C24H33N3O4S/c1-5-27(21-12-14-22(15-13-21)31-6-2)32(29,30)26-16-8-10-20(17-26)24(28)25-23-11-7-9-18(3)19(23)4/h7,9,11-15,20H,5-6,8,10,16-17H2,1-4H3,(H,25,28)/t20-/m1/s1. The summed E-state index contributed by atoms with van der Waals surface area (Å²) < 4.78 is 35.2. The van der Waals surface area contributed by atoms with Gasteiger partial charge in [0.25, 0.3) is 0 Å². The lowest BCUT2D eigenvalue weighted by atomic mass is 9.98. The molecule has 32 heavy (non-hydrogen) atoms. The van der Waals surface area contributed by atoms with E-state index in [0.717, 1.165) is 16.8 Å². The third-order valence-corrected chi connectivity index (χ3v) is 7.96. The predicted octanol–water partition coefficient (Wildman–Crippen LogP) is 4.12. The minimum Gasteiger partial charge on any atom is -0.494 e. The summed E-state index contributed by atoms with van der Waals surface area (Å²) in [5.41, 5.74) is 3.48. The molecule has 0 saturated carbocycles. The molecule has 8 heteroatoms. The summed E-state index contributed by atoms with van der Waals surface area (Å²) in [4.78, 5) is 13.0. The first-order valence-corrected chi connectivity index (χ1v) is 12.5. The molecule has 0 spiro atoms. The Balaban J connectivity index is 1.74. The monoisotopic (exact) mass is 459 g/mol. The van der Waals surface area contributed by atoms with Gasteiger partial charge < -0.3 is 10.1 Å². The van der Waals surface area contributed by atoms with E-state index in [2.05, 4.69) is 5.32 Å². The molecule has 2 aromatic rings. The third-order valence-electron chi connectivity index (χ3n) is 5.95. The van der Waals surface area contributed by atoms with Gasteiger partial charge in [0.1, 0.15) is 5.75 Å². The number of ether oxygens (including phenoxy) is 1. The number of hydrogen-bond donors (Lipinski definition) is 1. The van der Waals surface area contributed by atoms with Gasteiger partial charge in [-0.2, -0.15) is 12.7 Å². The Kier molecular flexibility index (Phi) is 7.79. The Labute approximate surface area is 191 Å². The summed E-state index contributed by atoms with van der Waals surface area (Å²) in [7, 11) is -3.76. The number of benzene rings is 2. The van der Waals surface area contributed by atoms with Crippen molar-refractivity contribution in [1.29, 1.82) is 0 Å². The van der Waals surface area contributed by atoms with Gasteiger partial charge in [-0.15, -0.1) is 0 Å². The predicted molar refractivity (Wildman–Crippen MR) is 128 cm³/mol. The summed E-state index contributed by atoms with van der Waals surface area (Å²) >= 11 is 0.